The minimum Gasteiger partial charge on any atom is -0.461 e. The predicted octanol–water partition coefficient (Wildman–Crippen LogP) is 3.32. The molecule has 0 amide bonds. The number of hydrogen-bond acceptors (Lipinski definition) is 7. The van der Waals surface area contributed by atoms with Gasteiger partial charge in [-0.25, -0.2) is 19.7 Å². The zero-order chi connectivity index (χ0) is 17.1. The second-order valence-corrected chi connectivity index (χ2v) is 6.65. The van der Waals surface area contributed by atoms with Crippen LogP contribution in [0.4, 0.5) is 5.82 Å². The Balaban J connectivity index is 1.86. The SMILES string of the molecule is CCOC(=O)c1csc(C2CCCN2c2cc(CC)nc(C)n2)n1. The monoisotopic (exact) mass is 346 g/mol. The Bertz CT molecular complexity index is 731. The summed E-state index contributed by atoms with van der Waals surface area (Å²) in [6, 6.07) is 2.22. The van der Waals surface area contributed by atoms with Crippen LogP contribution in [0.3, 0.4) is 0 Å². The van der Waals surface area contributed by atoms with Crippen molar-refractivity contribution in [3.63, 3.8) is 0 Å². The molecule has 0 spiro atoms. The molecule has 0 N–H and O–H groups in total. The first-order chi connectivity index (χ1) is 11.6. The van der Waals surface area contributed by atoms with Crippen molar-refractivity contribution in [2.75, 3.05) is 18.1 Å². The normalized spacial score (nSPS) is 17.3. The van der Waals surface area contributed by atoms with Gasteiger partial charge in [-0.3, -0.25) is 0 Å². The molecule has 3 rings (SSSR count). The molecule has 0 bridgehead atoms. The number of carbonyl (C=O) groups is 1. The van der Waals surface area contributed by atoms with Crippen molar-refractivity contribution >= 4 is 23.1 Å². The molecule has 0 aliphatic carbocycles. The average Bonchev–Trinajstić information content (AvgIpc) is 3.23. The first-order valence-electron chi connectivity index (χ1n) is 8.36. The molecule has 0 aromatic carbocycles. The number of aryl methyl sites for hydroxylation is 2. The minimum atomic E-state index is -0.351. The summed E-state index contributed by atoms with van der Waals surface area (Å²) in [6.07, 6.45) is 2.99. The maximum atomic E-state index is 11.8. The van der Waals surface area contributed by atoms with Crippen LogP contribution >= 0.6 is 11.3 Å². The predicted molar refractivity (Wildman–Crippen MR) is 93.5 cm³/mol. The molecule has 1 aliphatic heterocycles. The van der Waals surface area contributed by atoms with E-state index in [1.165, 1.54) is 11.3 Å². The second kappa shape index (κ2) is 7.25. The standard InChI is InChI=1S/C17H22N4O2S/c1-4-12-9-15(19-11(3)18-12)21-8-6-7-14(21)16-20-13(10-24-16)17(22)23-5-2/h9-10,14H,4-8H2,1-3H3. The Morgan fingerprint density at radius 1 is 1.38 bits per heavy atom. The summed E-state index contributed by atoms with van der Waals surface area (Å²) < 4.78 is 5.03. The topological polar surface area (TPSA) is 68.2 Å². The molecule has 1 fully saturated rings. The lowest BCUT2D eigenvalue weighted by molar-refractivity contribution is 0.0520. The number of esters is 1. The molecule has 2 aromatic rings. The van der Waals surface area contributed by atoms with Gasteiger partial charge in [0.1, 0.15) is 16.6 Å². The van der Waals surface area contributed by atoms with Gasteiger partial charge in [-0.1, -0.05) is 6.92 Å². The van der Waals surface area contributed by atoms with Crippen LogP contribution in [0.15, 0.2) is 11.4 Å². The van der Waals surface area contributed by atoms with Crippen LogP contribution in [0.2, 0.25) is 0 Å². The molecule has 1 atom stereocenters. The maximum absolute atomic E-state index is 11.8. The molecule has 3 heterocycles. The van der Waals surface area contributed by atoms with E-state index in [9.17, 15) is 4.79 Å². The second-order valence-electron chi connectivity index (χ2n) is 5.76. The Morgan fingerprint density at radius 2 is 2.21 bits per heavy atom. The van der Waals surface area contributed by atoms with Gasteiger partial charge < -0.3 is 9.64 Å². The lowest BCUT2D eigenvalue weighted by Crippen LogP contribution is -2.24. The fraction of sp³-hybridized carbons (Fsp3) is 0.529. The highest BCUT2D eigenvalue weighted by atomic mass is 32.1. The summed E-state index contributed by atoms with van der Waals surface area (Å²) in [5.41, 5.74) is 1.45. The Morgan fingerprint density at radius 3 is 2.96 bits per heavy atom. The fourth-order valence-electron chi connectivity index (χ4n) is 2.98. The van der Waals surface area contributed by atoms with Crippen LogP contribution < -0.4 is 4.90 Å². The number of hydrogen-bond donors (Lipinski definition) is 0. The average molecular weight is 346 g/mol. The Hall–Kier alpha value is -2.02. The third kappa shape index (κ3) is 3.40. The number of carbonyl (C=O) groups excluding carboxylic acids is 1. The van der Waals surface area contributed by atoms with E-state index in [-0.39, 0.29) is 12.0 Å². The van der Waals surface area contributed by atoms with Crippen molar-refractivity contribution in [1.29, 1.82) is 0 Å². The van der Waals surface area contributed by atoms with Crippen molar-refractivity contribution in [2.24, 2.45) is 0 Å². The van der Waals surface area contributed by atoms with Crippen LogP contribution in [-0.4, -0.2) is 34.1 Å². The first-order valence-corrected chi connectivity index (χ1v) is 9.24. The van der Waals surface area contributed by atoms with E-state index < -0.39 is 0 Å². The van der Waals surface area contributed by atoms with E-state index in [0.717, 1.165) is 48.2 Å². The number of nitrogens with zero attached hydrogens (tertiary/aromatic N) is 4. The summed E-state index contributed by atoms with van der Waals surface area (Å²) >= 11 is 1.52. The van der Waals surface area contributed by atoms with Crippen LogP contribution in [-0.2, 0) is 11.2 Å². The largest absolute Gasteiger partial charge is 0.461 e. The Labute approximate surface area is 145 Å². The van der Waals surface area contributed by atoms with Gasteiger partial charge in [0.25, 0.3) is 0 Å². The van der Waals surface area contributed by atoms with Crippen LogP contribution in [0.5, 0.6) is 0 Å². The van der Waals surface area contributed by atoms with Crippen molar-refractivity contribution in [2.45, 2.75) is 46.1 Å². The van der Waals surface area contributed by atoms with Crippen LogP contribution in [0.25, 0.3) is 0 Å². The summed E-state index contributed by atoms with van der Waals surface area (Å²) in [6.45, 7) is 7.13. The van der Waals surface area contributed by atoms with Gasteiger partial charge >= 0.3 is 5.97 Å². The van der Waals surface area contributed by atoms with Gasteiger partial charge in [-0.15, -0.1) is 11.3 Å². The quantitative estimate of drug-likeness (QED) is 0.774. The molecule has 2 aromatic heterocycles. The molecule has 7 heteroatoms. The summed E-state index contributed by atoms with van der Waals surface area (Å²) in [5, 5.41) is 2.73. The zero-order valence-electron chi connectivity index (χ0n) is 14.3. The van der Waals surface area contributed by atoms with Crippen molar-refractivity contribution in [3.05, 3.63) is 33.7 Å². The molecule has 1 unspecified atom stereocenters. The highest BCUT2D eigenvalue weighted by molar-refractivity contribution is 7.10. The molecule has 0 radical (unpaired) electrons. The molecule has 0 saturated carbocycles. The third-order valence-corrected chi connectivity index (χ3v) is 5.02. The van der Waals surface area contributed by atoms with Crippen LogP contribution in [0.1, 0.15) is 59.7 Å². The number of aromatic nitrogens is 3. The summed E-state index contributed by atoms with van der Waals surface area (Å²) in [5.74, 6) is 1.40. The van der Waals surface area contributed by atoms with Crippen molar-refractivity contribution in [1.82, 2.24) is 15.0 Å². The smallest absolute Gasteiger partial charge is 0.357 e. The molecular formula is C17H22N4O2S. The molecule has 128 valence electrons. The highest BCUT2D eigenvalue weighted by Gasteiger charge is 2.30. The Kier molecular flexibility index (Phi) is 5.08. The van der Waals surface area contributed by atoms with E-state index in [1.54, 1.807) is 12.3 Å². The number of ether oxygens (including phenoxy) is 1. The number of thiazole rings is 1. The van der Waals surface area contributed by atoms with Gasteiger partial charge in [0.2, 0.25) is 0 Å². The van der Waals surface area contributed by atoms with Gasteiger partial charge in [-0.05, 0) is 33.1 Å². The molecule has 24 heavy (non-hydrogen) atoms. The van der Waals surface area contributed by atoms with E-state index in [0.29, 0.717) is 12.3 Å². The fourth-order valence-corrected chi connectivity index (χ4v) is 3.91. The number of anilines is 1. The van der Waals surface area contributed by atoms with Crippen LogP contribution in [0, 0.1) is 6.92 Å². The first kappa shape index (κ1) is 16.8. The van der Waals surface area contributed by atoms with E-state index in [2.05, 4.69) is 32.8 Å². The van der Waals surface area contributed by atoms with Gasteiger partial charge in [0.05, 0.1) is 12.6 Å². The van der Waals surface area contributed by atoms with Gasteiger partial charge in [-0.2, -0.15) is 0 Å². The summed E-state index contributed by atoms with van der Waals surface area (Å²) in [4.78, 5) is 27.7. The van der Waals surface area contributed by atoms with Gasteiger partial charge in [0, 0.05) is 23.7 Å². The summed E-state index contributed by atoms with van der Waals surface area (Å²) in [7, 11) is 0. The molecule has 1 saturated heterocycles. The van der Waals surface area contributed by atoms with E-state index in [4.69, 9.17) is 4.74 Å². The number of rotatable bonds is 5. The van der Waals surface area contributed by atoms with E-state index >= 15 is 0 Å². The molecule has 1 aliphatic rings. The molecular weight excluding hydrogens is 324 g/mol. The molecule has 6 nitrogen and oxygen atoms in total. The zero-order valence-corrected chi connectivity index (χ0v) is 15.1. The minimum absolute atomic E-state index is 0.164. The van der Waals surface area contributed by atoms with Crippen molar-refractivity contribution < 1.29 is 9.53 Å². The highest BCUT2D eigenvalue weighted by Crippen LogP contribution is 2.36. The lowest BCUT2D eigenvalue weighted by Gasteiger charge is -2.24. The lowest BCUT2D eigenvalue weighted by atomic mass is 10.2. The maximum Gasteiger partial charge on any atom is 0.357 e. The third-order valence-electron chi connectivity index (χ3n) is 4.08. The van der Waals surface area contributed by atoms with Crippen molar-refractivity contribution in [3.8, 4) is 0 Å². The van der Waals surface area contributed by atoms with Gasteiger partial charge in [0.15, 0.2) is 5.69 Å². The van der Waals surface area contributed by atoms with E-state index in [1.807, 2.05) is 6.92 Å².